The minimum atomic E-state index is -3.78. The van der Waals surface area contributed by atoms with Gasteiger partial charge in [-0.1, -0.05) is 22.0 Å². The van der Waals surface area contributed by atoms with Gasteiger partial charge in [-0.05, 0) is 68.1 Å². The summed E-state index contributed by atoms with van der Waals surface area (Å²) in [5.74, 6) is -0.912. The molecule has 1 aliphatic heterocycles. The lowest BCUT2D eigenvalue weighted by molar-refractivity contribution is -0.117. The van der Waals surface area contributed by atoms with Crippen LogP contribution < -0.4 is 10.2 Å². The molecule has 160 valence electrons. The first-order valence-electron chi connectivity index (χ1n) is 9.71. The number of halogens is 1. The summed E-state index contributed by atoms with van der Waals surface area (Å²) in [5, 5.41) is 2.75. The number of aryl methyl sites for hydroxylation is 2. The van der Waals surface area contributed by atoms with Crippen molar-refractivity contribution in [2.75, 3.05) is 16.0 Å². The Hall–Kier alpha value is -2.19. The van der Waals surface area contributed by atoms with Gasteiger partial charge in [0.1, 0.15) is 0 Å². The molecule has 6 nitrogen and oxygen atoms in total. The van der Waals surface area contributed by atoms with E-state index in [0.29, 0.717) is 22.3 Å². The van der Waals surface area contributed by atoms with E-state index in [1.165, 1.54) is 17.9 Å². The van der Waals surface area contributed by atoms with Gasteiger partial charge in [0.25, 0.3) is 0 Å². The van der Waals surface area contributed by atoms with E-state index >= 15 is 0 Å². The van der Waals surface area contributed by atoms with Crippen LogP contribution >= 0.6 is 15.9 Å². The highest BCUT2D eigenvalue weighted by Gasteiger charge is 2.35. The minimum Gasteiger partial charge on any atom is -0.326 e. The fourth-order valence-corrected chi connectivity index (χ4v) is 5.93. The fourth-order valence-electron chi connectivity index (χ4n) is 3.77. The summed E-state index contributed by atoms with van der Waals surface area (Å²) >= 11 is 3.37. The van der Waals surface area contributed by atoms with Gasteiger partial charge in [-0.3, -0.25) is 9.59 Å². The second-order valence-corrected chi connectivity index (χ2v) is 10.8. The highest BCUT2D eigenvalue weighted by atomic mass is 79.9. The van der Waals surface area contributed by atoms with Gasteiger partial charge in [0.15, 0.2) is 9.84 Å². The lowest BCUT2D eigenvalue weighted by Crippen LogP contribution is -2.34. The maximum Gasteiger partial charge on any atom is 0.225 e. The van der Waals surface area contributed by atoms with Gasteiger partial charge in [-0.2, -0.15) is 0 Å². The molecule has 0 spiro atoms. The van der Waals surface area contributed by atoms with Crippen LogP contribution in [0, 0.1) is 13.8 Å². The van der Waals surface area contributed by atoms with Crippen molar-refractivity contribution in [3.05, 3.63) is 51.5 Å². The van der Waals surface area contributed by atoms with E-state index in [1.807, 2.05) is 39.0 Å². The molecule has 0 radical (unpaired) electrons. The van der Waals surface area contributed by atoms with E-state index in [4.69, 9.17) is 0 Å². The van der Waals surface area contributed by atoms with E-state index < -0.39 is 9.84 Å². The molecule has 1 aliphatic rings. The molecular formula is C22H25BrN2O4S. The Morgan fingerprint density at radius 2 is 1.87 bits per heavy atom. The van der Waals surface area contributed by atoms with Crippen molar-refractivity contribution >= 4 is 49.0 Å². The number of sulfone groups is 1. The number of fused-ring (bicyclic) bond motifs is 1. The highest BCUT2D eigenvalue weighted by molar-refractivity contribution is 9.10. The molecule has 2 aromatic rings. The molecule has 3 rings (SSSR count). The standard InChI is InChI=1S/C22H25BrN2O4S/c1-13-5-6-19(9-14(13)2)24-21(27)7-8-30(28,29)20-12-18(23)11-17-10-15(3)25(16(4)26)22(17)20/h5-6,9,11-12,15H,7-8,10H2,1-4H3,(H,24,27)/t15-/m1/s1. The molecule has 0 saturated carbocycles. The topological polar surface area (TPSA) is 83.6 Å². The monoisotopic (exact) mass is 492 g/mol. The lowest BCUT2D eigenvalue weighted by Gasteiger charge is -2.23. The van der Waals surface area contributed by atoms with Crippen LogP contribution in [0.15, 0.2) is 39.7 Å². The first-order valence-corrected chi connectivity index (χ1v) is 12.2. The van der Waals surface area contributed by atoms with Crippen LogP contribution in [0.25, 0.3) is 0 Å². The zero-order valence-corrected chi connectivity index (χ0v) is 19.9. The first kappa shape index (κ1) is 22.5. The number of rotatable bonds is 5. The summed E-state index contributed by atoms with van der Waals surface area (Å²) in [4.78, 5) is 26.1. The summed E-state index contributed by atoms with van der Waals surface area (Å²) in [7, 11) is -3.78. The molecule has 0 unspecified atom stereocenters. The number of anilines is 2. The van der Waals surface area contributed by atoms with Crippen LogP contribution in [0.3, 0.4) is 0 Å². The third-order valence-corrected chi connectivity index (χ3v) is 7.56. The van der Waals surface area contributed by atoms with Crippen molar-refractivity contribution in [1.29, 1.82) is 0 Å². The lowest BCUT2D eigenvalue weighted by atomic mass is 10.1. The average molecular weight is 493 g/mol. The summed E-state index contributed by atoms with van der Waals surface area (Å²) in [6.07, 6.45) is 0.413. The number of carbonyl (C=O) groups excluding carboxylic acids is 2. The fraction of sp³-hybridized carbons (Fsp3) is 0.364. The molecule has 2 amide bonds. The van der Waals surface area contributed by atoms with E-state index in [2.05, 4.69) is 21.2 Å². The highest BCUT2D eigenvalue weighted by Crippen LogP contribution is 2.40. The predicted octanol–water partition coefficient (Wildman–Crippen LogP) is 4.17. The van der Waals surface area contributed by atoms with Gasteiger partial charge in [-0.25, -0.2) is 8.42 Å². The van der Waals surface area contributed by atoms with Crippen molar-refractivity contribution < 1.29 is 18.0 Å². The predicted molar refractivity (Wildman–Crippen MR) is 122 cm³/mol. The zero-order chi connectivity index (χ0) is 22.2. The van der Waals surface area contributed by atoms with Crippen LogP contribution in [0.2, 0.25) is 0 Å². The minimum absolute atomic E-state index is 0.0883. The number of carbonyl (C=O) groups is 2. The van der Waals surface area contributed by atoms with Crippen molar-refractivity contribution in [1.82, 2.24) is 0 Å². The Bertz CT molecular complexity index is 1130. The number of hydrogen-bond donors (Lipinski definition) is 1. The number of nitrogens with one attached hydrogen (secondary N) is 1. The Balaban J connectivity index is 1.82. The summed E-state index contributed by atoms with van der Waals surface area (Å²) in [6.45, 7) is 7.25. The number of benzene rings is 2. The van der Waals surface area contributed by atoms with Gasteiger partial charge in [0.2, 0.25) is 11.8 Å². The Morgan fingerprint density at radius 1 is 1.17 bits per heavy atom. The van der Waals surface area contributed by atoms with Gasteiger partial charge in [0, 0.05) is 29.5 Å². The van der Waals surface area contributed by atoms with E-state index in [1.54, 1.807) is 6.07 Å². The van der Waals surface area contributed by atoms with Gasteiger partial charge in [0.05, 0.1) is 16.3 Å². The number of nitrogens with zero attached hydrogens (tertiary/aromatic N) is 1. The van der Waals surface area contributed by atoms with E-state index in [9.17, 15) is 18.0 Å². The third kappa shape index (κ3) is 4.59. The zero-order valence-electron chi connectivity index (χ0n) is 17.5. The average Bonchev–Trinajstić information content (AvgIpc) is 2.98. The summed E-state index contributed by atoms with van der Waals surface area (Å²) in [5.41, 5.74) is 4.05. The maximum absolute atomic E-state index is 13.1. The first-order chi connectivity index (χ1) is 14.0. The quantitative estimate of drug-likeness (QED) is 0.678. The van der Waals surface area contributed by atoms with Gasteiger partial charge >= 0.3 is 0 Å². The smallest absolute Gasteiger partial charge is 0.225 e. The second kappa shape index (κ2) is 8.51. The number of amides is 2. The number of hydrogen-bond acceptors (Lipinski definition) is 4. The molecular weight excluding hydrogens is 468 g/mol. The third-order valence-electron chi connectivity index (χ3n) is 5.38. The van der Waals surface area contributed by atoms with Crippen LogP contribution in [0.1, 0.15) is 37.0 Å². The molecule has 0 aliphatic carbocycles. The van der Waals surface area contributed by atoms with Crippen LogP contribution in [0.4, 0.5) is 11.4 Å². The molecule has 2 aromatic carbocycles. The molecule has 30 heavy (non-hydrogen) atoms. The van der Waals surface area contributed by atoms with Crippen LogP contribution in [-0.4, -0.2) is 32.0 Å². The molecule has 0 bridgehead atoms. The van der Waals surface area contributed by atoms with E-state index in [-0.39, 0.29) is 34.9 Å². The Labute approximate surface area is 185 Å². The SMILES string of the molecule is CC(=O)N1c2c(cc(Br)cc2S(=O)(=O)CCC(=O)Nc2ccc(C)c(C)c2)C[C@H]1C. The second-order valence-electron chi connectivity index (χ2n) is 7.77. The molecule has 0 fully saturated rings. The van der Waals surface area contributed by atoms with Crippen molar-refractivity contribution in [2.45, 2.75) is 51.5 Å². The van der Waals surface area contributed by atoms with Crippen LogP contribution in [0.5, 0.6) is 0 Å². The molecule has 1 N–H and O–H groups in total. The molecule has 1 heterocycles. The van der Waals surface area contributed by atoms with Crippen molar-refractivity contribution in [3.8, 4) is 0 Å². The van der Waals surface area contributed by atoms with E-state index in [0.717, 1.165) is 16.7 Å². The molecule has 8 heteroatoms. The summed E-state index contributed by atoms with van der Waals surface area (Å²) < 4.78 is 26.9. The Kier molecular flexibility index (Phi) is 6.38. The molecule has 1 atom stereocenters. The summed E-state index contributed by atoms with van der Waals surface area (Å²) in [6, 6.07) is 8.80. The van der Waals surface area contributed by atoms with Crippen LogP contribution in [-0.2, 0) is 25.8 Å². The largest absolute Gasteiger partial charge is 0.326 e. The normalized spacial score (nSPS) is 15.8. The van der Waals surface area contributed by atoms with Crippen molar-refractivity contribution in [3.63, 3.8) is 0 Å². The molecule has 0 aromatic heterocycles. The Morgan fingerprint density at radius 3 is 2.50 bits per heavy atom. The maximum atomic E-state index is 13.1. The van der Waals surface area contributed by atoms with Crippen molar-refractivity contribution in [2.24, 2.45) is 0 Å². The van der Waals surface area contributed by atoms with Gasteiger partial charge in [-0.15, -0.1) is 0 Å². The van der Waals surface area contributed by atoms with Gasteiger partial charge < -0.3 is 10.2 Å². The molecule has 0 saturated heterocycles.